The van der Waals surface area contributed by atoms with Gasteiger partial charge >= 0.3 is 0 Å². The molecule has 1 aliphatic heterocycles. The van der Waals surface area contributed by atoms with Gasteiger partial charge < -0.3 is 4.98 Å². The lowest BCUT2D eigenvalue weighted by Gasteiger charge is -2.16. The monoisotopic (exact) mass is 334 g/mol. The zero-order valence-electron chi connectivity index (χ0n) is 14.6. The summed E-state index contributed by atoms with van der Waals surface area (Å²) in [4.78, 5) is 23.6. The molecule has 1 atom stereocenters. The first kappa shape index (κ1) is 15.9. The van der Waals surface area contributed by atoms with Crippen LogP contribution in [0.4, 0.5) is 0 Å². The maximum atomic E-state index is 4.70. The topological polar surface area (TPSA) is 70.6 Å². The smallest absolute Gasteiger partial charge is 0.156 e. The van der Waals surface area contributed by atoms with Crippen LogP contribution in [0.2, 0.25) is 0 Å². The Kier molecular flexibility index (Phi) is 4.28. The fourth-order valence-electron chi connectivity index (χ4n) is 3.43. The number of H-pyrrole nitrogens is 1. The Morgan fingerprint density at radius 1 is 1.24 bits per heavy atom. The number of aryl methyl sites for hydroxylation is 2. The Labute approximate surface area is 147 Å². The molecule has 0 radical (unpaired) electrons. The van der Waals surface area contributed by atoms with Crippen LogP contribution in [0.3, 0.4) is 0 Å². The molecular formula is C19H22N6. The van der Waals surface area contributed by atoms with Crippen molar-refractivity contribution in [2.45, 2.75) is 32.7 Å². The number of hydrogen-bond donors (Lipinski definition) is 1. The summed E-state index contributed by atoms with van der Waals surface area (Å²) in [5.74, 6) is 2.05. The van der Waals surface area contributed by atoms with Crippen molar-refractivity contribution >= 4 is 0 Å². The lowest BCUT2D eigenvalue weighted by Crippen LogP contribution is -2.20. The van der Waals surface area contributed by atoms with E-state index >= 15 is 0 Å². The van der Waals surface area contributed by atoms with Crippen molar-refractivity contribution in [3.8, 4) is 11.5 Å². The van der Waals surface area contributed by atoms with Crippen LogP contribution in [-0.2, 0) is 6.54 Å². The molecule has 1 unspecified atom stereocenters. The Balaban J connectivity index is 1.51. The summed E-state index contributed by atoms with van der Waals surface area (Å²) in [6.45, 7) is 6.99. The van der Waals surface area contributed by atoms with E-state index < -0.39 is 0 Å². The van der Waals surface area contributed by atoms with E-state index in [0.29, 0.717) is 5.92 Å². The predicted octanol–water partition coefficient (Wildman–Crippen LogP) is 2.87. The van der Waals surface area contributed by atoms with Gasteiger partial charge in [0, 0.05) is 49.0 Å². The minimum Gasteiger partial charge on any atom is -0.341 e. The highest BCUT2D eigenvalue weighted by molar-refractivity contribution is 5.50. The SMILES string of the molecule is Cc1nc(-c2ncc(C)[nH]2)cc(C2CCN(Cc3cccnc3)C2)n1. The Morgan fingerprint density at radius 2 is 2.16 bits per heavy atom. The lowest BCUT2D eigenvalue weighted by molar-refractivity contribution is 0.326. The number of pyridine rings is 1. The second kappa shape index (κ2) is 6.72. The first-order valence-electron chi connectivity index (χ1n) is 8.66. The molecular weight excluding hydrogens is 312 g/mol. The number of aromatic amines is 1. The minimum absolute atomic E-state index is 0.438. The average Bonchev–Trinajstić information content (AvgIpc) is 3.24. The van der Waals surface area contributed by atoms with Crippen LogP contribution in [0.1, 0.15) is 35.1 Å². The van der Waals surface area contributed by atoms with Gasteiger partial charge in [0.1, 0.15) is 11.5 Å². The number of rotatable bonds is 4. The average molecular weight is 334 g/mol. The molecule has 1 N–H and O–H groups in total. The standard InChI is InChI=1S/C19H22N6/c1-13-9-21-19(22-13)18-8-17(23-14(2)24-18)16-5-7-25(12-16)11-15-4-3-6-20-10-15/h3-4,6,8-10,16H,5,7,11-12H2,1-2H3,(H,21,22). The van der Waals surface area contributed by atoms with Crippen molar-refractivity contribution < 1.29 is 0 Å². The summed E-state index contributed by atoms with van der Waals surface area (Å²) in [6.07, 6.45) is 6.71. The maximum Gasteiger partial charge on any atom is 0.156 e. The zero-order valence-corrected chi connectivity index (χ0v) is 14.6. The molecule has 6 nitrogen and oxygen atoms in total. The minimum atomic E-state index is 0.438. The summed E-state index contributed by atoms with van der Waals surface area (Å²) in [6, 6.07) is 6.21. The highest BCUT2D eigenvalue weighted by Crippen LogP contribution is 2.28. The lowest BCUT2D eigenvalue weighted by atomic mass is 10.0. The third-order valence-electron chi connectivity index (χ3n) is 4.62. The largest absolute Gasteiger partial charge is 0.341 e. The van der Waals surface area contributed by atoms with E-state index in [2.05, 4.69) is 37.0 Å². The summed E-state index contributed by atoms with van der Waals surface area (Å²) >= 11 is 0. The van der Waals surface area contributed by atoms with Crippen molar-refractivity contribution in [3.05, 3.63) is 59.6 Å². The third kappa shape index (κ3) is 3.58. The van der Waals surface area contributed by atoms with E-state index in [0.717, 1.165) is 54.8 Å². The molecule has 3 aromatic rings. The third-order valence-corrected chi connectivity index (χ3v) is 4.62. The van der Waals surface area contributed by atoms with Crippen LogP contribution < -0.4 is 0 Å². The van der Waals surface area contributed by atoms with Crippen LogP contribution in [-0.4, -0.2) is 42.9 Å². The molecule has 25 heavy (non-hydrogen) atoms. The van der Waals surface area contributed by atoms with Crippen LogP contribution in [0, 0.1) is 13.8 Å². The molecule has 128 valence electrons. The van der Waals surface area contributed by atoms with Crippen molar-refractivity contribution in [2.75, 3.05) is 13.1 Å². The predicted molar refractivity (Wildman–Crippen MR) is 96.0 cm³/mol. The van der Waals surface area contributed by atoms with Gasteiger partial charge in [-0.3, -0.25) is 9.88 Å². The van der Waals surface area contributed by atoms with Gasteiger partial charge in [-0.1, -0.05) is 6.07 Å². The van der Waals surface area contributed by atoms with Crippen LogP contribution in [0.5, 0.6) is 0 Å². The van der Waals surface area contributed by atoms with Gasteiger partial charge in [-0.25, -0.2) is 15.0 Å². The number of hydrogen-bond acceptors (Lipinski definition) is 5. The highest BCUT2D eigenvalue weighted by atomic mass is 15.1. The molecule has 1 saturated heterocycles. The van der Waals surface area contributed by atoms with Gasteiger partial charge in [-0.05, 0) is 44.5 Å². The second-order valence-corrected chi connectivity index (χ2v) is 6.72. The molecule has 0 aliphatic carbocycles. The first-order chi connectivity index (χ1) is 12.2. The fraction of sp³-hybridized carbons (Fsp3) is 0.368. The van der Waals surface area contributed by atoms with Crippen LogP contribution in [0.25, 0.3) is 11.5 Å². The van der Waals surface area contributed by atoms with E-state index in [1.54, 1.807) is 0 Å². The number of aromatic nitrogens is 5. The van der Waals surface area contributed by atoms with Crippen molar-refractivity contribution in [2.24, 2.45) is 0 Å². The number of imidazole rings is 1. The van der Waals surface area contributed by atoms with Gasteiger partial charge in [-0.2, -0.15) is 0 Å². The Hall–Kier alpha value is -2.60. The number of nitrogens with zero attached hydrogens (tertiary/aromatic N) is 5. The van der Waals surface area contributed by atoms with Gasteiger partial charge in [-0.15, -0.1) is 0 Å². The highest BCUT2D eigenvalue weighted by Gasteiger charge is 2.26. The first-order valence-corrected chi connectivity index (χ1v) is 8.66. The molecule has 4 heterocycles. The molecule has 0 aromatic carbocycles. The second-order valence-electron chi connectivity index (χ2n) is 6.72. The molecule has 0 spiro atoms. The van der Waals surface area contributed by atoms with E-state index in [1.165, 1.54) is 5.56 Å². The summed E-state index contributed by atoms with van der Waals surface area (Å²) < 4.78 is 0. The Bertz CT molecular complexity index is 857. The van der Waals surface area contributed by atoms with E-state index in [1.807, 2.05) is 38.5 Å². The van der Waals surface area contributed by atoms with Crippen molar-refractivity contribution in [1.29, 1.82) is 0 Å². The van der Waals surface area contributed by atoms with Crippen molar-refractivity contribution in [3.63, 3.8) is 0 Å². The van der Waals surface area contributed by atoms with Gasteiger partial charge in [0.05, 0.1) is 0 Å². The normalized spacial score (nSPS) is 17.9. The fourth-order valence-corrected chi connectivity index (χ4v) is 3.43. The van der Waals surface area contributed by atoms with Crippen LogP contribution >= 0.6 is 0 Å². The zero-order chi connectivity index (χ0) is 17.2. The van der Waals surface area contributed by atoms with Crippen molar-refractivity contribution in [1.82, 2.24) is 29.8 Å². The molecule has 1 aliphatic rings. The van der Waals surface area contributed by atoms with E-state index in [9.17, 15) is 0 Å². The molecule has 1 fully saturated rings. The van der Waals surface area contributed by atoms with Crippen LogP contribution in [0.15, 0.2) is 36.8 Å². The summed E-state index contributed by atoms with van der Waals surface area (Å²) in [5.41, 5.74) is 4.29. The molecule has 4 rings (SSSR count). The number of likely N-dealkylation sites (tertiary alicyclic amines) is 1. The molecule has 6 heteroatoms. The molecule has 0 amide bonds. The number of nitrogens with one attached hydrogen (secondary N) is 1. The molecule has 3 aromatic heterocycles. The molecule has 0 bridgehead atoms. The quantitative estimate of drug-likeness (QED) is 0.794. The van der Waals surface area contributed by atoms with E-state index in [-0.39, 0.29) is 0 Å². The molecule has 0 saturated carbocycles. The summed E-state index contributed by atoms with van der Waals surface area (Å²) in [5, 5.41) is 0. The van der Waals surface area contributed by atoms with Gasteiger partial charge in [0.25, 0.3) is 0 Å². The van der Waals surface area contributed by atoms with Gasteiger partial charge in [0.2, 0.25) is 0 Å². The maximum absolute atomic E-state index is 4.70. The van der Waals surface area contributed by atoms with E-state index in [4.69, 9.17) is 4.98 Å². The Morgan fingerprint density at radius 3 is 2.92 bits per heavy atom. The van der Waals surface area contributed by atoms with Gasteiger partial charge in [0.15, 0.2) is 5.82 Å². The summed E-state index contributed by atoms with van der Waals surface area (Å²) in [7, 11) is 0.